The monoisotopic (exact) mass is 512 g/mol. The highest BCUT2D eigenvalue weighted by Crippen LogP contribution is 2.23. The molecule has 1 saturated heterocycles. The van der Waals surface area contributed by atoms with Crippen molar-refractivity contribution in [2.45, 2.75) is 58.4 Å². The van der Waals surface area contributed by atoms with Gasteiger partial charge in [0, 0.05) is 24.3 Å². The molecule has 1 atom stereocenters. The molecule has 38 heavy (non-hydrogen) atoms. The zero-order chi connectivity index (χ0) is 27.3. The number of amides is 1. The predicted molar refractivity (Wildman–Crippen MR) is 150 cm³/mol. The zero-order valence-electron chi connectivity index (χ0n) is 22.6. The van der Waals surface area contributed by atoms with Gasteiger partial charge in [0.05, 0.1) is 11.6 Å². The maximum atomic E-state index is 12.8. The maximum absolute atomic E-state index is 12.8. The summed E-state index contributed by atoms with van der Waals surface area (Å²) >= 11 is 0. The van der Waals surface area contributed by atoms with E-state index in [1.165, 1.54) is 19.8 Å². The van der Waals surface area contributed by atoms with Crippen LogP contribution in [0.2, 0.25) is 0 Å². The van der Waals surface area contributed by atoms with Gasteiger partial charge >= 0.3 is 5.97 Å². The van der Waals surface area contributed by atoms with Crippen molar-refractivity contribution in [2.24, 2.45) is 0 Å². The first-order valence-electron chi connectivity index (χ1n) is 13.2. The molecule has 1 amide bonds. The molecule has 6 nitrogen and oxygen atoms in total. The number of carbonyl (C=O) groups is 3. The smallest absolute Gasteiger partial charge is 0.343 e. The molecule has 3 aromatic rings. The zero-order valence-corrected chi connectivity index (χ0v) is 22.6. The maximum Gasteiger partial charge on any atom is 0.343 e. The van der Waals surface area contributed by atoms with Crippen molar-refractivity contribution in [3.63, 3.8) is 0 Å². The van der Waals surface area contributed by atoms with Crippen LogP contribution in [-0.2, 0) is 16.6 Å². The summed E-state index contributed by atoms with van der Waals surface area (Å²) in [6.45, 7) is 9.92. The first-order valence-corrected chi connectivity index (χ1v) is 13.2. The van der Waals surface area contributed by atoms with E-state index in [9.17, 15) is 14.4 Å². The summed E-state index contributed by atoms with van der Waals surface area (Å²) in [6, 6.07) is 21.3. The molecule has 1 aliphatic rings. The number of hydrogen-bond acceptors (Lipinski definition) is 5. The van der Waals surface area contributed by atoms with E-state index < -0.39 is 12.0 Å². The van der Waals surface area contributed by atoms with E-state index in [1.54, 1.807) is 48.5 Å². The van der Waals surface area contributed by atoms with E-state index in [1.807, 2.05) is 24.3 Å². The molecule has 0 unspecified atom stereocenters. The number of anilines is 1. The minimum Gasteiger partial charge on any atom is -0.423 e. The lowest BCUT2D eigenvalue weighted by Gasteiger charge is -2.20. The van der Waals surface area contributed by atoms with E-state index in [2.05, 4.69) is 31.0 Å². The van der Waals surface area contributed by atoms with E-state index in [4.69, 9.17) is 4.74 Å². The van der Waals surface area contributed by atoms with Gasteiger partial charge in [0.15, 0.2) is 5.78 Å². The van der Waals surface area contributed by atoms with Gasteiger partial charge in [-0.1, -0.05) is 45.0 Å². The Morgan fingerprint density at radius 1 is 0.842 bits per heavy atom. The van der Waals surface area contributed by atoms with Crippen LogP contribution in [0.4, 0.5) is 5.69 Å². The number of carbonyl (C=O) groups excluding carboxylic acids is 3. The molecule has 1 aliphatic heterocycles. The Morgan fingerprint density at radius 2 is 1.42 bits per heavy atom. The predicted octanol–water partition coefficient (Wildman–Crippen LogP) is 5.73. The summed E-state index contributed by atoms with van der Waals surface area (Å²) < 4.78 is 5.54. The van der Waals surface area contributed by atoms with E-state index >= 15 is 0 Å². The lowest BCUT2D eigenvalue weighted by molar-refractivity contribution is -0.118. The van der Waals surface area contributed by atoms with Crippen LogP contribution in [0.15, 0.2) is 72.8 Å². The molecule has 1 fully saturated rings. The number of Topliss-reactive ketones (excluding diaryl/α,β-unsaturated/α-hetero) is 1. The molecule has 0 aliphatic carbocycles. The molecule has 198 valence electrons. The Labute approximate surface area is 225 Å². The van der Waals surface area contributed by atoms with Crippen molar-refractivity contribution in [1.82, 2.24) is 5.32 Å². The van der Waals surface area contributed by atoms with Crippen LogP contribution in [-0.4, -0.2) is 36.8 Å². The highest BCUT2D eigenvalue weighted by Gasteiger charge is 2.20. The van der Waals surface area contributed by atoms with E-state index in [-0.39, 0.29) is 17.1 Å². The van der Waals surface area contributed by atoms with Gasteiger partial charge in [-0.25, -0.2) is 4.79 Å². The number of rotatable bonds is 8. The van der Waals surface area contributed by atoms with Gasteiger partial charge < -0.3 is 15.0 Å². The van der Waals surface area contributed by atoms with Crippen LogP contribution >= 0.6 is 0 Å². The van der Waals surface area contributed by atoms with Crippen molar-refractivity contribution in [2.75, 3.05) is 18.0 Å². The first kappa shape index (κ1) is 27.1. The summed E-state index contributed by atoms with van der Waals surface area (Å²) in [5.41, 5.74) is 4.11. The summed E-state index contributed by atoms with van der Waals surface area (Å²) in [4.78, 5) is 40.0. The van der Waals surface area contributed by atoms with Gasteiger partial charge in [0.25, 0.3) is 5.91 Å². The Bertz CT molecular complexity index is 1270. The van der Waals surface area contributed by atoms with Gasteiger partial charge in [-0.15, -0.1) is 0 Å². The van der Waals surface area contributed by atoms with Crippen LogP contribution in [0.5, 0.6) is 5.75 Å². The third-order valence-electron chi connectivity index (χ3n) is 6.96. The molecule has 0 spiro atoms. The molecule has 0 bridgehead atoms. The SMILES string of the molecule is CC(=O)[C@H](Cc1ccc(OC(=O)c2ccc(N3CCCC3)cc2)cc1)NC(=O)c1ccc(C(C)(C)C)cc1. The number of hydrogen-bond donors (Lipinski definition) is 1. The molecule has 1 heterocycles. The Kier molecular flexibility index (Phi) is 8.30. The Balaban J connectivity index is 1.34. The fourth-order valence-electron chi connectivity index (χ4n) is 4.54. The third kappa shape index (κ3) is 6.88. The lowest BCUT2D eigenvalue weighted by Crippen LogP contribution is -2.41. The molecule has 3 aromatic carbocycles. The van der Waals surface area contributed by atoms with Gasteiger partial charge in [0.1, 0.15) is 5.75 Å². The fourth-order valence-corrected chi connectivity index (χ4v) is 4.54. The molecule has 0 saturated carbocycles. The molecule has 4 rings (SSSR count). The standard InChI is InChI=1S/C32H36N2O4/c1-22(35)29(33-30(36)24-9-13-26(14-10-24)32(2,3)4)21-23-7-17-28(18-8-23)38-31(37)25-11-15-27(16-12-25)34-19-5-6-20-34/h7-18,29H,5-6,19-21H2,1-4H3,(H,33,36)/t29-/m0/s1. The van der Waals surface area contributed by atoms with Crippen LogP contribution in [0.25, 0.3) is 0 Å². The van der Waals surface area contributed by atoms with E-state index in [0.717, 1.165) is 29.9 Å². The number of ether oxygens (including phenoxy) is 1. The van der Waals surface area contributed by atoms with Crippen molar-refractivity contribution in [1.29, 1.82) is 0 Å². The minimum absolute atomic E-state index is 0.00460. The number of ketones is 1. The summed E-state index contributed by atoms with van der Waals surface area (Å²) in [7, 11) is 0. The van der Waals surface area contributed by atoms with Gasteiger partial charge in [-0.3, -0.25) is 9.59 Å². The van der Waals surface area contributed by atoms with Gasteiger partial charge in [0.2, 0.25) is 0 Å². The average Bonchev–Trinajstić information content (AvgIpc) is 3.44. The molecular weight excluding hydrogens is 476 g/mol. The van der Waals surface area contributed by atoms with E-state index in [0.29, 0.717) is 23.3 Å². The minimum atomic E-state index is -0.660. The first-order chi connectivity index (χ1) is 18.1. The second-order valence-electron chi connectivity index (χ2n) is 10.9. The van der Waals surface area contributed by atoms with Crippen molar-refractivity contribution in [3.05, 3.63) is 95.1 Å². The van der Waals surface area contributed by atoms with Crippen molar-refractivity contribution in [3.8, 4) is 5.75 Å². The van der Waals surface area contributed by atoms with Crippen LogP contribution in [0.3, 0.4) is 0 Å². The molecule has 6 heteroatoms. The van der Waals surface area contributed by atoms with Crippen LogP contribution < -0.4 is 15.0 Å². The Morgan fingerprint density at radius 3 is 1.97 bits per heavy atom. The largest absolute Gasteiger partial charge is 0.423 e. The lowest BCUT2D eigenvalue weighted by atomic mass is 9.86. The summed E-state index contributed by atoms with van der Waals surface area (Å²) in [5.74, 6) is -0.411. The quantitative estimate of drug-likeness (QED) is 0.308. The fraction of sp³-hybridized carbons (Fsp3) is 0.344. The van der Waals surface area contributed by atoms with Gasteiger partial charge in [-0.2, -0.15) is 0 Å². The molecular formula is C32H36N2O4. The number of nitrogens with zero attached hydrogens (tertiary/aromatic N) is 1. The Hall–Kier alpha value is -3.93. The second kappa shape index (κ2) is 11.6. The summed E-state index contributed by atoms with van der Waals surface area (Å²) in [5, 5.41) is 2.86. The van der Waals surface area contributed by atoms with Crippen LogP contribution in [0.1, 0.15) is 72.4 Å². The van der Waals surface area contributed by atoms with Crippen molar-refractivity contribution >= 4 is 23.3 Å². The molecule has 0 aromatic heterocycles. The number of nitrogens with one attached hydrogen (secondary N) is 1. The van der Waals surface area contributed by atoms with Crippen molar-refractivity contribution < 1.29 is 19.1 Å². The molecule has 0 radical (unpaired) electrons. The second-order valence-corrected chi connectivity index (χ2v) is 10.9. The highest BCUT2D eigenvalue weighted by atomic mass is 16.5. The molecule has 1 N–H and O–H groups in total. The van der Waals surface area contributed by atoms with Gasteiger partial charge in [-0.05, 0) is 91.3 Å². The highest BCUT2D eigenvalue weighted by molar-refractivity contribution is 5.97. The topological polar surface area (TPSA) is 75.7 Å². The number of benzene rings is 3. The normalized spacial score (nSPS) is 14.2. The average molecular weight is 513 g/mol. The third-order valence-corrected chi connectivity index (χ3v) is 6.96. The number of esters is 1. The van der Waals surface area contributed by atoms with Crippen LogP contribution in [0, 0.1) is 0 Å². The summed E-state index contributed by atoms with van der Waals surface area (Å²) in [6.07, 6.45) is 2.74.